The lowest BCUT2D eigenvalue weighted by Gasteiger charge is -2.04. The lowest BCUT2D eigenvalue weighted by Crippen LogP contribution is -2.15. The van der Waals surface area contributed by atoms with Crippen LogP contribution in [0, 0.1) is 10.1 Å². The zero-order chi connectivity index (χ0) is 15.0. The van der Waals surface area contributed by atoms with E-state index in [1.807, 2.05) is 0 Å². The molecule has 21 heavy (non-hydrogen) atoms. The van der Waals surface area contributed by atoms with E-state index in [0.29, 0.717) is 16.2 Å². The molecule has 1 aliphatic rings. The van der Waals surface area contributed by atoms with E-state index in [2.05, 4.69) is 36.4 Å². The summed E-state index contributed by atoms with van der Waals surface area (Å²) in [7, 11) is 0. The molecule has 1 heterocycles. The number of nitro groups is 1. The van der Waals surface area contributed by atoms with Crippen molar-refractivity contribution in [1.82, 2.24) is 15.2 Å². The molecule has 2 aromatic rings. The summed E-state index contributed by atoms with van der Waals surface area (Å²) in [5, 5.41) is 20.0. The van der Waals surface area contributed by atoms with E-state index in [9.17, 15) is 14.9 Å². The summed E-state index contributed by atoms with van der Waals surface area (Å²) < 4.78 is 0.557. The molecule has 1 amide bonds. The fourth-order valence-corrected chi connectivity index (χ4v) is 2.20. The SMILES string of the molecule is O=C(Nc1ccc(Br)cc1[N+](=O)[O-])c1n[nH]c(C2CC2)n1. The van der Waals surface area contributed by atoms with Gasteiger partial charge in [-0.05, 0) is 25.0 Å². The van der Waals surface area contributed by atoms with Crippen LogP contribution in [-0.4, -0.2) is 26.0 Å². The second-order valence-electron chi connectivity index (χ2n) is 4.69. The molecule has 0 atom stereocenters. The highest BCUT2D eigenvalue weighted by Gasteiger charge is 2.28. The second kappa shape index (κ2) is 5.24. The highest BCUT2D eigenvalue weighted by molar-refractivity contribution is 9.10. The van der Waals surface area contributed by atoms with Crippen LogP contribution in [0.15, 0.2) is 22.7 Å². The normalized spacial score (nSPS) is 14.0. The molecule has 0 radical (unpaired) electrons. The van der Waals surface area contributed by atoms with Gasteiger partial charge in [0.15, 0.2) is 0 Å². The average molecular weight is 352 g/mol. The Morgan fingerprint density at radius 3 is 2.90 bits per heavy atom. The standard InChI is InChI=1S/C12H10BrN5O3/c13-7-3-4-8(9(5-7)18(20)21)14-12(19)11-15-10(16-17-11)6-1-2-6/h3-6H,1-2H2,(H,14,19)(H,15,16,17). The van der Waals surface area contributed by atoms with Gasteiger partial charge in [-0.1, -0.05) is 15.9 Å². The number of benzene rings is 1. The van der Waals surface area contributed by atoms with Gasteiger partial charge in [-0.3, -0.25) is 20.0 Å². The van der Waals surface area contributed by atoms with Crippen LogP contribution in [0.3, 0.4) is 0 Å². The van der Waals surface area contributed by atoms with E-state index in [0.717, 1.165) is 12.8 Å². The van der Waals surface area contributed by atoms with E-state index in [-0.39, 0.29) is 17.2 Å². The van der Waals surface area contributed by atoms with Crippen LogP contribution in [0.4, 0.5) is 11.4 Å². The van der Waals surface area contributed by atoms with Gasteiger partial charge in [0.05, 0.1) is 4.92 Å². The minimum absolute atomic E-state index is 0.0193. The van der Waals surface area contributed by atoms with Crippen molar-refractivity contribution in [3.05, 3.63) is 44.4 Å². The molecule has 0 aliphatic heterocycles. The number of nitro benzene ring substituents is 1. The van der Waals surface area contributed by atoms with Gasteiger partial charge in [-0.2, -0.15) is 0 Å². The molecular formula is C12H10BrN5O3. The molecule has 1 aliphatic carbocycles. The van der Waals surface area contributed by atoms with Crippen LogP contribution in [0.5, 0.6) is 0 Å². The number of aromatic nitrogens is 3. The van der Waals surface area contributed by atoms with Gasteiger partial charge >= 0.3 is 0 Å². The maximum Gasteiger partial charge on any atom is 0.295 e. The van der Waals surface area contributed by atoms with Crippen LogP contribution in [0.2, 0.25) is 0 Å². The molecule has 1 aromatic heterocycles. The predicted molar refractivity (Wildman–Crippen MR) is 77.1 cm³/mol. The summed E-state index contributed by atoms with van der Waals surface area (Å²) in [5.74, 6) is 0.434. The van der Waals surface area contributed by atoms with Crippen molar-refractivity contribution in [3.63, 3.8) is 0 Å². The molecule has 9 heteroatoms. The summed E-state index contributed by atoms with van der Waals surface area (Å²) in [5.41, 5.74) is -0.0957. The Bertz CT molecular complexity index is 725. The molecule has 0 spiro atoms. The highest BCUT2D eigenvalue weighted by Crippen LogP contribution is 2.37. The van der Waals surface area contributed by atoms with Gasteiger partial charge in [0, 0.05) is 16.5 Å². The number of H-pyrrole nitrogens is 1. The van der Waals surface area contributed by atoms with Crippen molar-refractivity contribution in [1.29, 1.82) is 0 Å². The largest absolute Gasteiger partial charge is 0.313 e. The minimum atomic E-state index is -0.580. The van der Waals surface area contributed by atoms with Crippen LogP contribution in [0.1, 0.15) is 35.2 Å². The van der Waals surface area contributed by atoms with Crippen LogP contribution in [-0.2, 0) is 0 Å². The molecule has 2 N–H and O–H groups in total. The predicted octanol–water partition coefficient (Wildman–Crippen LogP) is 2.61. The Kier molecular flexibility index (Phi) is 3.42. The lowest BCUT2D eigenvalue weighted by molar-refractivity contribution is -0.384. The molecule has 0 bridgehead atoms. The van der Waals surface area contributed by atoms with Crippen molar-refractivity contribution < 1.29 is 9.72 Å². The molecule has 108 valence electrons. The Balaban J connectivity index is 1.81. The van der Waals surface area contributed by atoms with E-state index in [1.54, 1.807) is 6.07 Å². The Morgan fingerprint density at radius 1 is 1.48 bits per heavy atom. The number of aromatic amines is 1. The van der Waals surface area contributed by atoms with Gasteiger partial charge in [0.25, 0.3) is 11.6 Å². The molecule has 1 saturated carbocycles. The first kappa shape index (κ1) is 13.7. The van der Waals surface area contributed by atoms with E-state index in [4.69, 9.17) is 0 Å². The lowest BCUT2D eigenvalue weighted by atomic mass is 10.2. The van der Waals surface area contributed by atoms with Crippen LogP contribution < -0.4 is 5.32 Å². The van der Waals surface area contributed by atoms with Crippen LogP contribution >= 0.6 is 15.9 Å². The van der Waals surface area contributed by atoms with E-state index >= 15 is 0 Å². The number of carbonyl (C=O) groups excluding carboxylic acids is 1. The highest BCUT2D eigenvalue weighted by atomic mass is 79.9. The first-order valence-electron chi connectivity index (χ1n) is 6.22. The van der Waals surface area contributed by atoms with Gasteiger partial charge < -0.3 is 5.32 Å². The Morgan fingerprint density at radius 2 is 2.24 bits per heavy atom. The van der Waals surface area contributed by atoms with Gasteiger partial charge in [-0.25, -0.2) is 4.98 Å². The summed E-state index contributed by atoms with van der Waals surface area (Å²) in [4.78, 5) is 26.6. The third kappa shape index (κ3) is 2.92. The summed E-state index contributed by atoms with van der Waals surface area (Å²) in [6.45, 7) is 0. The van der Waals surface area contributed by atoms with Crippen molar-refractivity contribution in [2.24, 2.45) is 0 Å². The zero-order valence-corrected chi connectivity index (χ0v) is 12.3. The summed E-state index contributed by atoms with van der Waals surface area (Å²) >= 11 is 3.16. The quantitative estimate of drug-likeness (QED) is 0.649. The maximum absolute atomic E-state index is 12.0. The van der Waals surface area contributed by atoms with E-state index < -0.39 is 10.8 Å². The number of amides is 1. The third-order valence-electron chi connectivity index (χ3n) is 3.07. The third-order valence-corrected chi connectivity index (χ3v) is 3.57. The molecule has 1 fully saturated rings. The molecule has 0 saturated heterocycles. The average Bonchev–Trinajstić information content (AvgIpc) is 3.18. The second-order valence-corrected chi connectivity index (χ2v) is 5.61. The fourth-order valence-electron chi connectivity index (χ4n) is 1.85. The maximum atomic E-state index is 12.0. The number of hydrogen-bond acceptors (Lipinski definition) is 5. The van der Waals surface area contributed by atoms with Gasteiger partial charge in [-0.15, -0.1) is 5.10 Å². The fraction of sp³-hybridized carbons (Fsp3) is 0.250. The topological polar surface area (TPSA) is 114 Å². The monoisotopic (exact) mass is 351 g/mol. The van der Waals surface area contributed by atoms with Crippen molar-refractivity contribution in [3.8, 4) is 0 Å². The number of nitrogens with one attached hydrogen (secondary N) is 2. The molecule has 3 rings (SSSR count). The molecule has 0 unspecified atom stereocenters. The van der Waals surface area contributed by atoms with Gasteiger partial charge in [0.2, 0.25) is 5.82 Å². The number of nitrogens with zero attached hydrogens (tertiary/aromatic N) is 3. The summed E-state index contributed by atoms with van der Waals surface area (Å²) in [6.07, 6.45) is 2.07. The number of anilines is 1. The van der Waals surface area contributed by atoms with Crippen molar-refractivity contribution in [2.75, 3.05) is 5.32 Å². The van der Waals surface area contributed by atoms with Crippen molar-refractivity contribution in [2.45, 2.75) is 18.8 Å². The zero-order valence-electron chi connectivity index (χ0n) is 10.7. The molecular weight excluding hydrogens is 342 g/mol. The molecule has 8 nitrogen and oxygen atoms in total. The summed E-state index contributed by atoms with van der Waals surface area (Å²) in [6, 6.07) is 4.38. The number of hydrogen-bond donors (Lipinski definition) is 2. The molecule has 1 aromatic carbocycles. The van der Waals surface area contributed by atoms with Crippen molar-refractivity contribution >= 4 is 33.2 Å². The smallest absolute Gasteiger partial charge is 0.295 e. The Labute approximate surface area is 127 Å². The minimum Gasteiger partial charge on any atom is -0.313 e. The van der Waals surface area contributed by atoms with Crippen LogP contribution in [0.25, 0.3) is 0 Å². The number of halogens is 1. The first-order chi connectivity index (χ1) is 10.0. The van der Waals surface area contributed by atoms with E-state index in [1.165, 1.54) is 12.1 Å². The number of rotatable bonds is 4. The first-order valence-corrected chi connectivity index (χ1v) is 7.01. The Hall–Kier alpha value is -2.29. The number of carbonyl (C=O) groups is 1. The van der Waals surface area contributed by atoms with Gasteiger partial charge in [0.1, 0.15) is 11.5 Å².